The fraction of sp³-hybridized carbons (Fsp3) is 0.250. The smallest absolute Gasteiger partial charge is 0.254 e. The molecule has 0 atom stereocenters. The monoisotopic (exact) mass is 327 g/mol. The van der Waals surface area contributed by atoms with E-state index in [-0.39, 0.29) is 13.1 Å². The summed E-state index contributed by atoms with van der Waals surface area (Å²) in [5.74, 6) is -1.87. The first-order chi connectivity index (χ1) is 8.81. The molecule has 7 heteroatoms. The summed E-state index contributed by atoms with van der Waals surface area (Å²) < 4.78 is 0.861. The zero-order valence-electron chi connectivity index (χ0n) is 10.4. The van der Waals surface area contributed by atoms with Crippen molar-refractivity contribution in [2.24, 2.45) is 11.5 Å². The van der Waals surface area contributed by atoms with Crippen molar-refractivity contribution >= 4 is 33.7 Å². The highest BCUT2D eigenvalue weighted by molar-refractivity contribution is 9.10. The lowest BCUT2D eigenvalue weighted by Crippen LogP contribution is -2.43. The molecule has 0 aliphatic rings. The molecule has 102 valence electrons. The fourth-order valence-electron chi connectivity index (χ4n) is 1.54. The quantitative estimate of drug-likeness (QED) is 0.804. The molecule has 0 fully saturated rings. The van der Waals surface area contributed by atoms with Gasteiger partial charge in [-0.25, -0.2) is 0 Å². The van der Waals surface area contributed by atoms with Gasteiger partial charge in [-0.05, 0) is 30.7 Å². The summed E-state index contributed by atoms with van der Waals surface area (Å²) in [5.41, 5.74) is 11.3. The number of hydrogen-bond donors (Lipinski definition) is 2. The summed E-state index contributed by atoms with van der Waals surface area (Å²) in [5, 5.41) is 0. The Morgan fingerprint density at radius 3 is 2.11 bits per heavy atom. The molecule has 3 amide bonds. The van der Waals surface area contributed by atoms with Gasteiger partial charge in [-0.1, -0.05) is 15.9 Å². The molecule has 0 bridgehead atoms. The van der Waals surface area contributed by atoms with Crippen LogP contribution in [0.1, 0.15) is 15.9 Å². The van der Waals surface area contributed by atoms with E-state index in [0.717, 1.165) is 14.9 Å². The number of aryl methyl sites for hydroxylation is 1. The molecule has 19 heavy (non-hydrogen) atoms. The van der Waals surface area contributed by atoms with E-state index >= 15 is 0 Å². The zero-order valence-corrected chi connectivity index (χ0v) is 11.9. The lowest BCUT2D eigenvalue weighted by atomic mass is 10.1. The maximum Gasteiger partial charge on any atom is 0.254 e. The number of nitrogens with zero attached hydrogens (tertiary/aromatic N) is 1. The van der Waals surface area contributed by atoms with Gasteiger partial charge in [0.2, 0.25) is 11.8 Å². The maximum absolute atomic E-state index is 12.2. The molecule has 6 nitrogen and oxygen atoms in total. The van der Waals surface area contributed by atoms with E-state index in [9.17, 15) is 14.4 Å². The molecule has 0 saturated heterocycles. The molecule has 0 heterocycles. The highest BCUT2D eigenvalue weighted by atomic mass is 79.9. The molecular formula is C12H14BrN3O3. The minimum Gasteiger partial charge on any atom is -0.368 e. The highest BCUT2D eigenvalue weighted by Gasteiger charge is 2.19. The van der Waals surface area contributed by atoms with Crippen LogP contribution in [0.25, 0.3) is 0 Å². The molecule has 0 saturated carbocycles. The Balaban J connectivity index is 3.00. The topological polar surface area (TPSA) is 106 Å². The molecule has 1 aromatic rings. The SMILES string of the molecule is Cc1cc(C(=O)N(CC(N)=O)CC(N)=O)ccc1Br. The highest BCUT2D eigenvalue weighted by Crippen LogP contribution is 2.18. The van der Waals surface area contributed by atoms with Crippen LogP contribution in [0.2, 0.25) is 0 Å². The van der Waals surface area contributed by atoms with Gasteiger partial charge in [0.15, 0.2) is 0 Å². The second kappa shape index (κ2) is 6.33. The Hall–Kier alpha value is -1.89. The average molecular weight is 328 g/mol. The van der Waals surface area contributed by atoms with Crippen molar-refractivity contribution in [2.75, 3.05) is 13.1 Å². The van der Waals surface area contributed by atoms with Crippen LogP contribution < -0.4 is 11.5 Å². The van der Waals surface area contributed by atoms with Crippen molar-refractivity contribution in [3.05, 3.63) is 33.8 Å². The Kier molecular flexibility index (Phi) is 5.05. The number of halogens is 1. The molecule has 1 rings (SSSR count). The van der Waals surface area contributed by atoms with Crippen LogP contribution in [0.15, 0.2) is 22.7 Å². The second-order valence-electron chi connectivity index (χ2n) is 4.06. The third kappa shape index (κ3) is 4.36. The van der Waals surface area contributed by atoms with Gasteiger partial charge >= 0.3 is 0 Å². The van der Waals surface area contributed by atoms with E-state index < -0.39 is 17.7 Å². The van der Waals surface area contributed by atoms with Crippen molar-refractivity contribution in [3.63, 3.8) is 0 Å². The van der Waals surface area contributed by atoms with Gasteiger partial charge in [0.25, 0.3) is 5.91 Å². The number of benzene rings is 1. The van der Waals surface area contributed by atoms with Crippen LogP contribution >= 0.6 is 15.9 Å². The summed E-state index contributed by atoms with van der Waals surface area (Å²) in [7, 11) is 0. The predicted octanol–water partition coefficient (Wildman–Crippen LogP) is 0.170. The van der Waals surface area contributed by atoms with Crippen LogP contribution in [0.3, 0.4) is 0 Å². The maximum atomic E-state index is 12.2. The van der Waals surface area contributed by atoms with Crippen LogP contribution in [0, 0.1) is 6.92 Å². The van der Waals surface area contributed by atoms with Crippen LogP contribution in [-0.2, 0) is 9.59 Å². The second-order valence-corrected chi connectivity index (χ2v) is 4.91. The van der Waals surface area contributed by atoms with E-state index in [1.54, 1.807) is 18.2 Å². The summed E-state index contributed by atoms with van der Waals surface area (Å²) in [4.78, 5) is 35.0. The van der Waals surface area contributed by atoms with Crippen molar-refractivity contribution in [2.45, 2.75) is 6.92 Å². The molecule has 0 aliphatic carbocycles. The Labute approximate surface area is 118 Å². The third-order valence-electron chi connectivity index (χ3n) is 2.39. The van der Waals surface area contributed by atoms with E-state index in [0.29, 0.717) is 5.56 Å². The Bertz CT molecular complexity index is 515. The molecule has 1 aromatic carbocycles. The van der Waals surface area contributed by atoms with Gasteiger partial charge in [-0.15, -0.1) is 0 Å². The Morgan fingerprint density at radius 1 is 1.16 bits per heavy atom. The normalized spacial score (nSPS) is 10.0. The van der Waals surface area contributed by atoms with Crippen molar-refractivity contribution in [3.8, 4) is 0 Å². The van der Waals surface area contributed by atoms with Gasteiger partial charge in [0.05, 0.1) is 0 Å². The molecule has 0 aromatic heterocycles. The largest absolute Gasteiger partial charge is 0.368 e. The Morgan fingerprint density at radius 2 is 1.68 bits per heavy atom. The van der Waals surface area contributed by atoms with Crippen LogP contribution in [0.4, 0.5) is 0 Å². The van der Waals surface area contributed by atoms with E-state index in [1.807, 2.05) is 6.92 Å². The van der Waals surface area contributed by atoms with E-state index in [4.69, 9.17) is 11.5 Å². The summed E-state index contributed by atoms with van der Waals surface area (Å²) in [6, 6.07) is 4.96. The van der Waals surface area contributed by atoms with Gasteiger partial charge in [-0.2, -0.15) is 0 Å². The van der Waals surface area contributed by atoms with Crippen LogP contribution in [-0.4, -0.2) is 35.7 Å². The van der Waals surface area contributed by atoms with Crippen molar-refractivity contribution in [1.82, 2.24) is 4.90 Å². The summed E-state index contributed by atoms with van der Waals surface area (Å²) in [6.45, 7) is 1.13. The standard InChI is InChI=1S/C12H14BrN3O3/c1-7-4-8(2-3-9(7)13)12(19)16(5-10(14)17)6-11(15)18/h2-4H,5-6H2,1H3,(H2,14,17)(H2,15,18). The number of nitrogens with two attached hydrogens (primary N) is 2. The van der Waals surface area contributed by atoms with Gasteiger partial charge in [0.1, 0.15) is 13.1 Å². The van der Waals surface area contributed by atoms with Gasteiger partial charge < -0.3 is 16.4 Å². The lowest BCUT2D eigenvalue weighted by molar-refractivity contribution is -0.121. The fourth-order valence-corrected chi connectivity index (χ4v) is 1.78. The molecule has 0 spiro atoms. The van der Waals surface area contributed by atoms with Crippen molar-refractivity contribution < 1.29 is 14.4 Å². The molecule has 0 radical (unpaired) electrons. The minimum absolute atomic E-state index is 0.350. The first-order valence-corrected chi connectivity index (χ1v) is 6.22. The molecule has 0 aliphatic heterocycles. The molecule has 4 N–H and O–H groups in total. The van der Waals surface area contributed by atoms with Crippen molar-refractivity contribution in [1.29, 1.82) is 0 Å². The number of amides is 3. The summed E-state index contributed by atoms with van der Waals surface area (Å²) >= 11 is 3.32. The third-order valence-corrected chi connectivity index (χ3v) is 3.28. The number of carbonyl (C=O) groups is 3. The van der Waals surface area contributed by atoms with E-state index in [1.165, 1.54) is 0 Å². The number of primary amides is 2. The lowest BCUT2D eigenvalue weighted by Gasteiger charge is -2.19. The number of carbonyl (C=O) groups excluding carboxylic acids is 3. The predicted molar refractivity (Wildman–Crippen MR) is 73.2 cm³/mol. The van der Waals surface area contributed by atoms with Gasteiger partial charge in [-0.3, -0.25) is 14.4 Å². The zero-order chi connectivity index (χ0) is 14.6. The minimum atomic E-state index is -0.705. The summed E-state index contributed by atoms with van der Waals surface area (Å²) in [6.07, 6.45) is 0. The van der Waals surface area contributed by atoms with Crippen LogP contribution in [0.5, 0.6) is 0 Å². The number of rotatable bonds is 5. The average Bonchev–Trinajstić information content (AvgIpc) is 2.29. The van der Waals surface area contributed by atoms with Gasteiger partial charge in [0, 0.05) is 10.0 Å². The first kappa shape index (κ1) is 15.2. The first-order valence-electron chi connectivity index (χ1n) is 5.43. The number of hydrogen-bond acceptors (Lipinski definition) is 3. The molecule has 0 unspecified atom stereocenters. The molecular weight excluding hydrogens is 314 g/mol. The van der Waals surface area contributed by atoms with E-state index in [2.05, 4.69) is 15.9 Å².